The van der Waals surface area contributed by atoms with Gasteiger partial charge in [-0.05, 0) is 87.0 Å². The largest absolute Gasteiger partial charge is 0.282 e. The zero-order valence-electron chi connectivity index (χ0n) is 29.3. The maximum absolute atomic E-state index is 5.44. The molecular weight excluding hydrogens is 631 g/mol. The Morgan fingerprint density at radius 2 is 1.08 bits per heavy atom. The number of benzene rings is 6. The summed E-state index contributed by atoms with van der Waals surface area (Å²) >= 11 is 0. The van der Waals surface area contributed by atoms with E-state index in [0.29, 0.717) is 11.9 Å². The topological polar surface area (TPSA) is 30.7 Å². The summed E-state index contributed by atoms with van der Waals surface area (Å²) in [6.45, 7) is 4.81. The number of hydrogen-bond acceptors (Lipinski definition) is 2. The number of fused-ring (bicyclic) bond motifs is 6. The van der Waals surface area contributed by atoms with Gasteiger partial charge in [-0.3, -0.25) is 4.57 Å². The molecule has 2 aliphatic carbocycles. The summed E-state index contributed by atoms with van der Waals surface area (Å²) in [5.41, 5.74) is 16.6. The number of nitrogens with zero attached hydrogens (tertiary/aromatic N) is 3. The Hall–Kier alpha value is -6.32. The molecule has 6 aromatic carbocycles. The fourth-order valence-corrected chi connectivity index (χ4v) is 8.67. The van der Waals surface area contributed by atoms with Crippen molar-refractivity contribution in [3.05, 3.63) is 186 Å². The highest BCUT2D eigenvalue weighted by Gasteiger charge is 2.45. The van der Waals surface area contributed by atoms with Crippen LogP contribution in [0, 0.1) is 5.92 Å². The summed E-state index contributed by atoms with van der Waals surface area (Å²) < 4.78 is 2.35. The van der Waals surface area contributed by atoms with E-state index in [4.69, 9.17) is 9.97 Å². The van der Waals surface area contributed by atoms with Gasteiger partial charge in [0.25, 0.3) is 0 Å². The van der Waals surface area contributed by atoms with E-state index in [1.807, 2.05) is 0 Å². The van der Waals surface area contributed by atoms with Crippen molar-refractivity contribution in [2.75, 3.05) is 0 Å². The summed E-state index contributed by atoms with van der Waals surface area (Å²) in [6, 6.07) is 58.5. The van der Waals surface area contributed by atoms with E-state index in [1.54, 1.807) is 0 Å². The van der Waals surface area contributed by atoms with Crippen LogP contribution in [0.3, 0.4) is 0 Å². The third-order valence-corrected chi connectivity index (χ3v) is 11.3. The molecule has 10 rings (SSSR count). The predicted molar refractivity (Wildman–Crippen MR) is 215 cm³/mol. The second kappa shape index (κ2) is 11.9. The Kier molecular flexibility index (Phi) is 6.97. The van der Waals surface area contributed by atoms with Crippen LogP contribution >= 0.6 is 0 Å². The molecule has 0 amide bonds. The molecule has 3 heteroatoms. The Morgan fingerprint density at radius 1 is 0.538 bits per heavy atom. The molecule has 52 heavy (non-hydrogen) atoms. The van der Waals surface area contributed by atoms with Gasteiger partial charge in [0.2, 0.25) is 5.95 Å². The molecule has 3 nitrogen and oxygen atoms in total. The van der Waals surface area contributed by atoms with Crippen molar-refractivity contribution in [2.45, 2.75) is 25.7 Å². The lowest BCUT2D eigenvalue weighted by Crippen LogP contribution is -2.28. The molecule has 1 atom stereocenters. The molecule has 0 N–H and O–H groups in total. The fraction of sp³-hybridized carbons (Fsp3) is 0.102. The highest BCUT2D eigenvalue weighted by atomic mass is 15.2. The van der Waals surface area contributed by atoms with Crippen molar-refractivity contribution in [2.24, 2.45) is 5.92 Å². The zero-order valence-corrected chi connectivity index (χ0v) is 29.3. The fourth-order valence-electron chi connectivity index (χ4n) is 8.67. The first-order valence-corrected chi connectivity index (χ1v) is 18.2. The van der Waals surface area contributed by atoms with E-state index >= 15 is 0 Å². The average Bonchev–Trinajstić information content (AvgIpc) is 3.65. The van der Waals surface area contributed by atoms with E-state index < -0.39 is 0 Å². The van der Waals surface area contributed by atoms with Crippen LogP contribution in [-0.2, 0) is 11.8 Å². The lowest BCUT2D eigenvalue weighted by molar-refractivity contribution is 0.405. The molecule has 2 aliphatic rings. The van der Waals surface area contributed by atoms with Crippen LogP contribution in [0.4, 0.5) is 0 Å². The minimum absolute atomic E-state index is 0.00498. The van der Waals surface area contributed by atoms with Gasteiger partial charge in [0.05, 0.1) is 16.9 Å². The number of para-hydroxylation sites is 1. The maximum Gasteiger partial charge on any atom is 0.235 e. The van der Waals surface area contributed by atoms with Crippen LogP contribution in [0.1, 0.15) is 36.2 Å². The first-order valence-electron chi connectivity index (χ1n) is 18.2. The van der Waals surface area contributed by atoms with Crippen molar-refractivity contribution in [1.82, 2.24) is 14.5 Å². The smallest absolute Gasteiger partial charge is 0.235 e. The first-order chi connectivity index (χ1) is 25.5. The SMILES string of the molecule is CC1(C)c2ccccc2C2=Cc3c(n(-c4nc(-c5cccc(-c6ccccc6)c5)cc(-c5cccc(-c6ccccc6)c5)n4)c4ccccc34)CC21. The molecule has 2 aromatic heterocycles. The van der Waals surface area contributed by atoms with Crippen molar-refractivity contribution in [3.8, 4) is 50.7 Å². The minimum Gasteiger partial charge on any atom is -0.282 e. The third-order valence-electron chi connectivity index (χ3n) is 11.3. The average molecular weight is 668 g/mol. The quantitative estimate of drug-likeness (QED) is 0.183. The van der Waals surface area contributed by atoms with Crippen molar-refractivity contribution >= 4 is 22.6 Å². The van der Waals surface area contributed by atoms with Crippen LogP contribution in [0.2, 0.25) is 0 Å². The Labute approximate surface area is 304 Å². The predicted octanol–water partition coefficient (Wildman–Crippen LogP) is 12.1. The second-order valence-corrected chi connectivity index (χ2v) is 14.7. The van der Waals surface area contributed by atoms with Crippen LogP contribution in [-0.4, -0.2) is 14.5 Å². The first kappa shape index (κ1) is 30.5. The molecule has 2 heterocycles. The highest BCUT2D eigenvalue weighted by Crippen LogP contribution is 2.55. The molecule has 1 unspecified atom stereocenters. The molecule has 0 saturated carbocycles. The Bertz CT molecular complexity index is 2580. The number of allylic oxidation sites excluding steroid dienone is 1. The number of hydrogen-bond donors (Lipinski definition) is 0. The van der Waals surface area contributed by atoms with Crippen LogP contribution in [0.15, 0.2) is 164 Å². The normalized spacial score (nSPS) is 15.5. The van der Waals surface area contributed by atoms with E-state index in [0.717, 1.165) is 45.6 Å². The van der Waals surface area contributed by atoms with Gasteiger partial charge < -0.3 is 0 Å². The molecule has 0 spiro atoms. The molecule has 0 radical (unpaired) electrons. The molecule has 0 fully saturated rings. The van der Waals surface area contributed by atoms with Gasteiger partial charge in [-0.1, -0.05) is 153 Å². The monoisotopic (exact) mass is 667 g/mol. The van der Waals surface area contributed by atoms with Crippen LogP contribution in [0.5, 0.6) is 0 Å². The molecule has 248 valence electrons. The van der Waals surface area contributed by atoms with E-state index in [1.165, 1.54) is 44.5 Å². The maximum atomic E-state index is 5.44. The van der Waals surface area contributed by atoms with Crippen molar-refractivity contribution in [3.63, 3.8) is 0 Å². The molecule has 0 bridgehead atoms. The van der Waals surface area contributed by atoms with Gasteiger partial charge in [-0.2, -0.15) is 0 Å². The zero-order chi connectivity index (χ0) is 34.8. The molecule has 0 saturated heterocycles. The third kappa shape index (κ3) is 4.88. The number of rotatable bonds is 5. The lowest BCUT2D eigenvalue weighted by atomic mass is 9.73. The minimum atomic E-state index is 0.00498. The van der Waals surface area contributed by atoms with E-state index in [2.05, 4.69) is 188 Å². The second-order valence-electron chi connectivity index (χ2n) is 14.7. The van der Waals surface area contributed by atoms with Gasteiger partial charge in [-0.25, -0.2) is 9.97 Å². The number of aromatic nitrogens is 3. The van der Waals surface area contributed by atoms with Crippen molar-refractivity contribution in [1.29, 1.82) is 0 Å². The Morgan fingerprint density at radius 3 is 1.73 bits per heavy atom. The van der Waals surface area contributed by atoms with Gasteiger partial charge >= 0.3 is 0 Å². The van der Waals surface area contributed by atoms with Gasteiger partial charge in [0.15, 0.2) is 0 Å². The summed E-state index contributed by atoms with van der Waals surface area (Å²) in [6.07, 6.45) is 3.38. The summed E-state index contributed by atoms with van der Waals surface area (Å²) in [5, 5.41) is 1.23. The van der Waals surface area contributed by atoms with Gasteiger partial charge in [0, 0.05) is 27.8 Å². The molecular formula is C49H37N3. The summed E-state index contributed by atoms with van der Waals surface area (Å²) in [5.74, 6) is 1.05. The van der Waals surface area contributed by atoms with Gasteiger partial charge in [-0.15, -0.1) is 0 Å². The van der Waals surface area contributed by atoms with Gasteiger partial charge in [0.1, 0.15) is 0 Å². The van der Waals surface area contributed by atoms with Crippen molar-refractivity contribution < 1.29 is 0 Å². The van der Waals surface area contributed by atoms with Crippen LogP contribution in [0.25, 0.3) is 73.3 Å². The lowest BCUT2D eigenvalue weighted by Gasteiger charge is -2.31. The van der Waals surface area contributed by atoms with E-state index in [-0.39, 0.29) is 5.41 Å². The molecule has 8 aromatic rings. The highest BCUT2D eigenvalue weighted by molar-refractivity contribution is 6.01. The summed E-state index contributed by atoms with van der Waals surface area (Å²) in [4.78, 5) is 10.9. The van der Waals surface area contributed by atoms with Crippen LogP contribution < -0.4 is 0 Å². The standard InChI is InChI=1S/C49H37N3/c1-49(2)42-25-11-9-23-38(42)40-29-41-39-24-10-12-26-46(39)52(47(41)30-43(40)49)48-50-44(36-21-13-19-34(27-36)32-15-5-3-6-16-32)31-45(51-48)37-22-14-20-35(28-37)33-17-7-4-8-18-33/h3-29,31,43H,30H2,1-2H3. The molecule has 0 aliphatic heterocycles. The summed E-state index contributed by atoms with van der Waals surface area (Å²) in [7, 11) is 0. The Balaban J connectivity index is 1.20. The van der Waals surface area contributed by atoms with E-state index in [9.17, 15) is 0 Å².